The van der Waals surface area contributed by atoms with Crippen molar-refractivity contribution in [3.05, 3.63) is 24.0 Å². The van der Waals surface area contributed by atoms with E-state index >= 15 is 0 Å². The predicted molar refractivity (Wildman–Crippen MR) is 74.4 cm³/mol. The minimum absolute atomic E-state index is 0.0745. The van der Waals surface area contributed by atoms with Gasteiger partial charge in [-0.3, -0.25) is 4.79 Å². The Bertz CT molecular complexity index is 373. The second kappa shape index (κ2) is 7.21. The normalized spacial score (nSPS) is 14.2. The van der Waals surface area contributed by atoms with Gasteiger partial charge in [0.05, 0.1) is 0 Å². The van der Waals surface area contributed by atoms with Gasteiger partial charge in [0.2, 0.25) is 5.91 Å². The Morgan fingerprint density at radius 3 is 2.72 bits per heavy atom. The summed E-state index contributed by atoms with van der Waals surface area (Å²) in [6.45, 7) is 9.60. The van der Waals surface area contributed by atoms with Crippen LogP contribution in [0.5, 0.6) is 0 Å². The quantitative estimate of drug-likeness (QED) is 0.779. The second-order valence-electron chi connectivity index (χ2n) is 4.72. The van der Waals surface area contributed by atoms with Gasteiger partial charge in [0.15, 0.2) is 0 Å². The molecule has 102 valence electrons. The van der Waals surface area contributed by atoms with Crippen molar-refractivity contribution in [3.63, 3.8) is 0 Å². The van der Waals surface area contributed by atoms with Crippen molar-refractivity contribution in [3.8, 4) is 0 Å². The van der Waals surface area contributed by atoms with Crippen molar-refractivity contribution in [1.29, 1.82) is 0 Å². The zero-order valence-corrected chi connectivity index (χ0v) is 11.9. The van der Waals surface area contributed by atoms with E-state index in [-0.39, 0.29) is 18.0 Å². The fourth-order valence-electron chi connectivity index (χ4n) is 1.95. The van der Waals surface area contributed by atoms with E-state index in [1.165, 1.54) is 0 Å². The first-order valence-electron chi connectivity index (χ1n) is 6.76. The maximum Gasteiger partial charge on any atom is 0.240 e. The number of rotatable bonds is 7. The molecule has 4 heteroatoms. The van der Waals surface area contributed by atoms with E-state index in [4.69, 9.17) is 0 Å². The molecule has 0 aromatic carbocycles. The summed E-state index contributed by atoms with van der Waals surface area (Å²) >= 11 is 0. The first kappa shape index (κ1) is 14.8. The summed E-state index contributed by atoms with van der Waals surface area (Å²) in [6.07, 6.45) is 2.91. The van der Waals surface area contributed by atoms with E-state index in [2.05, 4.69) is 37.5 Å². The summed E-state index contributed by atoms with van der Waals surface area (Å²) in [7, 11) is 0. The summed E-state index contributed by atoms with van der Waals surface area (Å²) in [5.74, 6) is 0.0745. The predicted octanol–water partition coefficient (Wildman–Crippen LogP) is 2.07. The molecule has 1 rings (SSSR count). The number of nitrogens with one attached hydrogen (secondary N) is 2. The molecule has 0 spiro atoms. The molecule has 1 aromatic heterocycles. The summed E-state index contributed by atoms with van der Waals surface area (Å²) in [5, 5.41) is 6.35. The van der Waals surface area contributed by atoms with Crippen LogP contribution in [0.25, 0.3) is 0 Å². The van der Waals surface area contributed by atoms with Gasteiger partial charge >= 0.3 is 0 Å². The molecule has 0 saturated heterocycles. The SMILES string of the molecule is CCNC(C)c1cccn1CC(=O)NC(C)CC. The average molecular weight is 251 g/mol. The van der Waals surface area contributed by atoms with Gasteiger partial charge in [-0.1, -0.05) is 13.8 Å². The maximum absolute atomic E-state index is 11.9. The molecule has 0 radical (unpaired) electrons. The zero-order chi connectivity index (χ0) is 13.5. The van der Waals surface area contributed by atoms with Gasteiger partial charge in [0.1, 0.15) is 6.54 Å². The third kappa shape index (κ3) is 4.18. The van der Waals surface area contributed by atoms with Crippen LogP contribution in [0.1, 0.15) is 45.9 Å². The molecular weight excluding hydrogens is 226 g/mol. The van der Waals surface area contributed by atoms with E-state index in [1.807, 2.05) is 23.8 Å². The average Bonchev–Trinajstić information content (AvgIpc) is 2.77. The van der Waals surface area contributed by atoms with Crippen molar-refractivity contribution in [2.24, 2.45) is 0 Å². The van der Waals surface area contributed by atoms with Gasteiger partial charge in [-0.15, -0.1) is 0 Å². The Morgan fingerprint density at radius 2 is 2.11 bits per heavy atom. The second-order valence-corrected chi connectivity index (χ2v) is 4.72. The summed E-state index contributed by atoms with van der Waals surface area (Å²) in [5.41, 5.74) is 1.15. The van der Waals surface area contributed by atoms with Crippen molar-refractivity contribution >= 4 is 5.91 Å². The third-order valence-electron chi connectivity index (χ3n) is 3.15. The number of carbonyl (C=O) groups excluding carboxylic acids is 1. The molecule has 0 aliphatic rings. The summed E-state index contributed by atoms with van der Waals surface area (Å²) in [6, 6.07) is 4.55. The molecule has 1 heterocycles. The number of amides is 1. The highest BCUT2D eigenvalue weighted by Crippen LogP contribution is 2.13. The number of aromatic nitrogens is 1. The third-order valence-corrected chi connectivity index (χ3v) is 3.15. The number of hydrogen-bond donors (Lipinski definition) is 2. The standard InChI is InChI=1S/C14H25N3O/c1-5-11(3)16-14(18)10-17-9-7-8-13(17)12(4)15-6-2/h7-9,11-12,15H,5-6,10H2,1-4H3,(H,16,18). The first-order valence-corrected chi connectivity index (χ1v) is 6.76. The molecule has 1 amide bonds. The van der Waals surface area contributed by atoms with Gasteiger partial charge < -0.3 is 15.2 Å². The van der Waals surface area contributed by atoms with Gasteiger partial charge in [0, 0.05) is 24.0 Å². The molecule has 18 heavy (non-hydrogen) atoms. The Balaban J connectivity index is 2.62. The van der Waals surface area contributed by atoms with Crippen molar-refractivity contribution in [2.45, 2.75) is 52.7 Å². The Kier molecular flexibility index (Phi) is 5.92. The Morgan fingerprint density at radius 1 is 1.39 bits per heavy atom. The smallest absolute Gasteiger partial charge is 0.240 e. The first-order chi connectivity index (χ1) is 8.58. The molecular formula is C14H25N3O. The Labute approximate surface area is 110 Å². The van der Waals surface area contributed by atoms with Crippen LogP contribution in [-0.2, 0) is 11.3 Å². The highest BCUT2D eigenvalue weighted by Gasteiger charge is 2.12. The lowest BCUT2D eigenvalue weighted by molar-refractivity contribution is -0.122. The van der Waals surface area contributed by atoms with Crippen LogP contribution in [0.3, 0.4) is 0 Å². The topological polar surface area (TPSA) is 46.1 Å². The van der Waals surface area contributed by atoms with E-state index in [1.54, 1.807) is 0 Å². The summed E-state index contributed by atoms with van der Waals surface area (Å²) < 4.78 is 2.00. The maximum atomic E-state index is 11.9. The van der Waals surface area contributed by atoms with E-state index in [0.717, 1.165) is 18.7 Å². The van der Waals surface area contributed by atoms with Gasteiger partial charge in [-0.2, -0.15) is 0 Å². The van der Waals surface area contributed by atoms with Crippen molar-refractivity contribution in [2.75, 3.05) is 6.54 Å². The number of nitrogens with zero attached hydrogens (tertiary/aromatic N) is 1. The van der Waals surface area contributed by atoms with Crippen LogP contribution in [0.15, 0.2) is 18.3 Å². The number of carbonyl (C=O) groups is 1. The van der Waals surface area contributed by atoms with Crippen LogP contribution in [0.4, 0.5) is 0 Å². The van der Waals surface area contributed by atoms with Crippen LogP contribution >= 0.6 is 0 Å². The van der Waals surface area contributed by atoms with E-state index < -0.39 is 0 Å². The number of hydrogen-bond acceptors (Lipinski definition) is 2. The minimum Gasteiger partial charge on any atom is -0.352 e. The summed E-state index contributed by atoms with van der Waals surface area (Å²) in [4.78, 5) is 11.9. The molecule has 2 atom stereocenters. The van der Waals surface area contributed by atoms with Crippen LogP contribution in [0.2, 0.25) is 0 Å². The van der Waals surface area contributed by atoms with Gasteiger partial charge in [-0.05, 0) is 38.9 Å². The van der Waals surface area contributed by atoms with E-state index in [0.29, 0.717) is 6.54 Å². The van der Waals surface area contributed by atoms with E-state index in [9.17, 15) is 4.79 Å². The lowest BCUT2D eigenvalue weighted by Gasteiger charge is -2.17. The molecule has 0 fully saturated rings. The molecule has 0 bridgehead atoms. The van der Waals surface area contributed by atoms with Gasteiger partial charge in [-0.25, -0.2) is 0 Å². The van der Waals surface area contributed by atoms with Crippen molar-refractivity contribution < 1.29 is 4.79 Å². The van der Waals surface area contributed by atoms with Crippen molar-refractivity contribution in [1.82, 2.24) is 15.2 Å². The van der Waals surface area contributed by atoms with Crippen LogP contribution in [0, 0.1) is 0 Å². The van der Waals surface area contributed by atoms with Crippen LogP contribution in [-0.4, -0.2) is 23.1 Å². The fourth-order valence-corrected chi connectivity index (χ4v) is 1.95. The lowest BCUT2D eigenvalue weighted by atomic mass is 10.2. The molecule has 0 aliphatic heterocycles. The monoisotopic (exact) mass is 251 g/mol. The fraction of sp³-hybridized carbons (Fsp3) is 0.643. The zero-order valence-electron chi connectivity index (χ0n) is 11.9. The van der Waals surface area contributed by atoms with Gasteiger partial charge in [0.25, 0.3) is 0 Å². The van der Waals surface area contributed by atoms with Crippen LogP contribution < -0.4 is 10.6 Å². The highest BCUT2D eigenvalue weighted by molar-refractivity contribution is 5.76. The lowest BCUT2D eigenvalue weighted by Crippen LogP contribution is -2.35. The molecule has 4 nitrogen and oxygen atoms in total. The molecule has 2 unspecified atom stereocenters. The largest absolute Gasteiger partial charge is 0.352 e. The molecule has 0 saturated carbocycles. The highest BCUT2D eigenvalue weighted by atomic mass is 16.2. The molecule has 2 N–H and O–H groups in total. The minimum atomic E-state index is 0.0745. The molecule has 0 aliphatic carbocycles. The molecule has 1 aromatic rings. The Hall–Kier alpha value is -1.29.